The van der Waals surface area contributed by atoms with Crippen LogP contribution in [0.25, 0.3) is 0 Å². The SMILES string of the molecule is Cc1ccc(CN(C(=O)CSCc2c(Cl)cccc2Cl)C(Cc2ccccc2)C(=O)NC(C)(C)C)cc1. The highest BCUT2D eigenvalue weighted by Crippen LogP contribution is 2.28. The summed E-state index contributed by atoms with van der Waals surface area (Å²) in [4.78, 5) is 29.0. The molecule has 4 nitrogen and oxygen atoms in total. The fourth-order valence-electron chi connectivity index (χ4n) is 3.89. The molecule has 0 saturated carbocycles. The number of carbonyl (C=O) groups excluding carboxylic acids is 2. The number of amides is 2. The molecule has 0 aliphatic heterocycles. The summed E-state index contributed by atoms with van der Waals surface area (Å²) >= 11 is 14.1. The predicted octanol–water partition coefficient (Wildman–Crippen LogP) is 7.09. The molecule has 0 saturated heterocycles. The van der Waals surface area contributed by atoms with Crippen molar-refractivity contribution in [2.75, 3.05) is 5.75 Å². The molecule has 1 atom stereocenters. The van der Waals surface area contributed by atoms with Gasteiger partial charge in [-0.05, 0) is 56.5 Å². The molecule has 0 aliphatic rings. The molecule has 3 aromatic carbocycles. The van der Waals surface area contributed by atoms with Gasteiger partial charge in [-0.1, -0.05) is 89.4 Å². The number of rotatable bonds is 10. The lowest BCUT2D eigenvalue weighted by Gasteiger charge is -2.34. The van der Waals surface area contributed by atoms with E-state index in [9.17, 15) is 9.59 Å². The van der Waals surface area contributed by atoms with Crippen LogP contribution in [0.5, 0.6) is 0 Å². The summed E-state index contributed by atoms with van der Waals surface area (Å²) in [5, 5.41) is 4.25. The fourth-order valence-corrected chi connectivity index (χ4v) is 5.54. The van der Waals surface area contributed by atoms with E-state index in [2.05, 4.69) is 5.32 Å². The van der Waals surface area contributed by atoms with Crippen LogP contribution in [0.15, 0.2) is 72.8 Å². The summed E-state index contributed by atoms with van der Waals surface area (Å²) < 4.78 is 0. The third-order valence-electron chi connectivity index (χ3n) is 5.78. The van der Waals surface area contributed by atoms with Crippen LogP contribution in [0.3, 0.4) is 0 Å². The minimum atomic E-state index is -0.667. The van der Waals surface area contributed by atoms with E-state index in [0.29, 0.717) is 28.8 Å². The molecule has 1 unspecified atom stereocenters. The average Bonchev–Trinajstić information content (AvgIpc) is 2.83. The quantitative estimate of drug-likeness (QED) is 0.290. The molecule has 0 fully saturated rings. The molecule has 3 rings (SSSR count). The molecule has 0 bridgehead atoms. The molecule has 37 heavy (non-hydrogen) atoms. The van der Waals surface area contributed by atoms with Gasteiger partial charge >= 0.3 is 0 Å². The number of benzene rings is 3. The van der Waals surface area contributed by atoms with Crippen molar-refractivity contribution in [3.05, 3.63) is 105 Å². The number of carbonyl (C=O) groups is 2. The van der Waals surface area contributed by atoms with Crippen LogP contribution < -0.4 is 5.32 Å². The van der Waals surface area contributed by atoms with Gasteiger partial charge in [-0.15, -0.1) is 11.8 Å². The van der Waals surface area contributed by atoms with Crippen molar-refractivity contribution >= 4 is 46.8 Å². The summed E-state index contributed by atoms with van der Waals surface area (Å²) in [6.07, 6.45) is 0.418. The fraction of sp³-hybridized carbons (Fsp3) is 0.333. The Bertz CT molecular complexity index is 1170. The Morgan fingerprint density at radius 3 is 2.11 bits per heavy atom. The van der Waals surface area contributed by atoms with Crippen molar-refractivity contribution in [1.82, 2.24) is 10.2 Å². The largest absolute Gasteiger partial charge is 0.350 e. The smallest absolute Gasteiger partial charge is 0.243 e. The summed E-state index contributed by atoms with van der Waals surface area (Å²) in [6, 6.07) is 22.6. The minimum absolute atomic E-state index is 0.112. The maximum atomic E-state index is 13.7. The van der Waals surface area contributed by atoms with E-state index < -0.39 is 11.6 Å². The van der Waals surface area contributed by atoms with E-state index >= 15 is 0 Å². The van der Waals surface area contributed by atoms with Gasteiger partial charge in [0.15, 0.2) is 0 Å². The maximum Gasteiger partial charge on any atom is 0.243 e. The van der Waals surface area contributed by atoms with Crippen molar-refractivity contribution < 1.29 is 9.59 Å². The normalized spacial score (nSPS) is 12.2. The Balaban J connectivity index is 1.88. The van der Waals surface area contributed by atoms with Crippen LogP contribution in [0, 0.1) is 6.92 Å². The molecule has 0 spiro atoms. The number of hydrogen-bond acceptors (Lipinski definition) is 3. The van der Waals surface area contributed by atoms with Gasteiger partial charge in [-0.3, -0.25) is 9.59 Å². The van der Waals surface area contributed by atoms with E-state index in [1.807, 2.05) is 82.3 Å². The second-order valence-electron chi connectivity index (χ2n) is 10.1. The lowest BCUT2D eigenvalue weighted by atomic mass is 10.0. The molecule has 196 valence electrons. The molecular weight excluding hydrogens is 523 g/mol. The molecule has 0 radical (unpaired) electrons. The monoisotopic (exact) mass is 556 g/mol. The Hall–Kier alpha value is -2.47. The van der Waals surface area contributed by atoms with Gasteiger partial charge in [-0.25, -0.2) is 0 Å². The van der Waals surface area contributed by atoms with E-state index in [1.54, 1.807) is 23.1 Å². The number of nitrogens with zero attached hydrogens (tertiary/aromatic N) is 1. The predicted molar refractivity (Wildman–Crippen MR) is 156 cm³/mol. The van der Waals surface area contributed by atoms with Crippen molar-refractivity contribution in [3.63, 3.8) is 0 Å². The Morgan fingerprint density at radius 1 is 0.892 bits per heavy atom. The van der Waals surface area contributed by atoms with Crippen LogP contribution in [-0.2, 0) is 28.3 Å². The van der Waals surface area contributed by atoms with Crippen LogP contribution in [0.1, 0.15) is 43.0 Å². The highest BCUT2D eigenvalue weighted by Gasteiger charge is 2.32. The summed E-state index contributed by atoms with van der Waals surface area (Å²) in [6.45, 7) is 8.19. The highest BCUT2D eigenvalue weighted by atomic mass is 35.5. The molecular formula is C30H34Cl2N2O2S. The van der Waals surface area contributed by atoms with Gasteiger partial charge in [0.1, 0.15) is 6.04 Å². The summed E-state index contributed by atoms with van der Waals surface area (Å²) in [5.74, 6) is 0.413. The molecule has 0 aromatic heterocycles. The zero-order valence-electron chi connectivity index (χ0n) is 21.8. The van der Waals surface area contributed by atoms with Crippen molar-refractivity contribution in [3.8, 4) is 0 Å². The second-order valence-corrected chi connectivity index (χ2v) is 11.9. The van der Waals surface area contributed by atoms with E-state index in [4.69, 9.17) is 23.2 Å². The van der Waals surface area contributed by atoms with Gasteiger partial charge < -0.3 is 10.2 Å². The van der Waals surface area contributed by atoms with Gasteiger partial charge in [0.25, 0.3) is 0 Å². The van der Waals surface area contributed by atoms with Gasteiger partial charge in [-0.2, -0.15) is 0 Å². The Kier molecular flexibility index (Phi) is 10.5. The van der Waals surface area contributed by atoms with E-state index in [0.717, 1.165) is 22.3 Å². The summed E-state index contributed by atoms with van der Waals surface area (Å²) in [7, 11) is 0. The molecule has 1 N–H and O–H groups in total. The first-order chi connectivity index (χ1) is 17.5. The van der Waals surface area contributed by atoms with E-state index in [1.165, 1.54) is 11.8 Å². The van der Waals surface area contributed by atoms with E-state index in [-0.39, 0.29) is 17.6 Å². The first-order valence-corrected chi connectivity index (χ1v) is 14.2. The van der Waals surface area contributed by atoms with Crippen LogP contribution in [0.4, 0.5) is 0 Å². The number of nitrogens with one attached hydrogen (secondary N) is 1. The maximum absolute atomic E-state index is 13.7. The number of thioether (sulfide) groups is 1. The standard InChI is InChI=1S/C30H34Cl2N2O2S/c1-21-13-15-23(16-14-21)18-34(28(35)20-37-19-24-25(31)11-8-12-26(24)32)27(29(36)33-30(2,3)4)17-22-9-6-5-7-10-22/h5-16,27H,17-20H2,1-4H3,(H,33,36). The van der Waals surface area contributed by atoms with Gasteiger partial charge in [0, 0.05) is 34.3 Å². The highest BCUT2D eigenvalue weighted by molar-refractivity contribution is 7.99. The van der Waals surface area contributed by atoms with Crippen molar-refractivity contribution in [2.24, 2.45) is 0 Å². The zero-order chi connectivity index (χ0) is 27.0. The number of aryl methyl sites for hydroxylation is 1. The lowest BCUT2D eigenvalue weighted by molar-refractivity contribution is -0.140. The Morgan fingerprint density at radius 2 is 1.51 bits per heavy atom. The number of halogens is 2. The minimum Gasteiger partial charge on any atom is -0.350 e. The first kappa shape index (κ1) is 29.1. The van der Waals surface area contributed by atoms with Gasteiger partial charge in [0.2, 0.25) is 11.8 Å². The average molecular weight is 558 g/mol. The first-order valence-electron chi connectivity index (χ1n) is 12.2. The third kappa shape index (κ3) is 9.10. The van der Waals surface area contributed by atoms with Crippen molar-refractivity contribution in [2.45, 2.75) is 58.0 Å². The van der Waals surface area contributed by atoms with Crippen LogP contribution >= 0.6 is 35.0 Å². The zero-order valence-corrected chi connectivity index (χ0v) is 24.1. The molecule has 0 aliphatic carbocycles. The van der Waals surface area contributed by atoms with Crippen LogP contribution in [-0.4, -0.2) is 34.0 Å². The lowest BCUT2D eigenvalue weighted by Crippen LogP contribution is -2.54. The molecule has 3 aromatic rings. The van der Waals surface area contributed by atoms with Gasteiger partial charge in [0.05, 0.1) is 5.75 Å². The third-order valence-corrected chi connectivity index (χ3v) is 7.43. The second kappa shape index (κ2) is 13.4. The van der Waals surface area contributed by atoms with Crippen LogP contribution in [0.2, 0.25) is 10.0 Å². The molecule has 7 heteroatoms. The Labute approximate surface area is 234 Å². The van der Waals surface area contributed by atoms with Crippen molar-refractivity contribution in [1.29, 1.82) is 0 Å². The molecule has 2 amide bonds. The molecule has 0 heterocycles. The summed E-state index contributed by atoms with van der Waals surface area (Å²) in [5.41, 5.74) is 3.48. The number of hydrogen-bond donors (Lipinski definition) is 1. The topological polar surface area (TPSA) is 49.4 Å².